The maximum Gasteiger partial charge on any atom is 0.265 e. The number of fused-ring (bicyclic) bond motifs is 1. The highest BCUT2D eigenvalue weighted by molar-refractivity contribution is 6.60. The van der Waals surface area contributed by atoms with Crippen LogP contribution in [0.15, 0.2) is 18.2 Å². The summed E-state index contributed by atoms with van der Waals surface area (Å²) in [4.78, 5) is 11.2. The molecular formula is C8H4Cl2FNO. The van der Waals surface area contributed by atoms with Crippen molar-refractivity contribution in [1.82, 2.24) is 0 Å². The lowest BCUT2D eigenvalue weighted by atomic mass is 10.1. The molecule has 1 aliphatic rings. The number of anilines is 1. The highest BCUT2D eigenvalue weighted by Crippen LogP contribution is 2.44. The molecule has 1 amide bonds. The molecule has 5 heteroatoms. The molecule has 2 rings (SSSR count). The topological polar surface area (TPSA) is 29.1 Å². The van der Waals surface area contributed by atoms with Gasteiger partial charge in [0.1, 0.15) is 5.82 Å². The first-order valence-corrected chi connectivity index (χ1v) is 4.27. The van der Waals surface area contributed by atoms with Crippen molar-refractivity contribution in [2.45, 2.75) is 4.33 Å². The van der Waals surface area contributed by atoms with E-state index in [2.05, 4.69) is 5.32 Å². The van der Waals surface area contributed by atoms with E-state index in [1.54, 1.807) is 0 Å². The van der Waals surface area contributed by atoms with E-state index in [0.717, 1.165) is 6.07 Å². The molecule has 0 spiro atoms. The van der Waals surface area contributed by atoms with Gasteiger partial charge in [0.05, 0.1) is 0 Å². The number of carbonyl (C=O) groups excluding carboxylic acids is 1. The summed E-state index contributed by atoms with van der Waals surface area (Å²) in [7, 11) is 0. The second-order valence-corrected chi connectivity index (χ2v) is 4.05. The minimum absolute atomic E-state index is 0.265. The van der Waals surface area contributed by atoms with Gasteiger partial charge in [0.25, 0.3) is 5.91 Å². The monoisotopic (exact) mass is 219 g/mol. The van der Waals surface area contributed by atoms with Gasteiger partial charge in [0.15, 0.2) is 0 Å². The van der Waals surface area contributed by atoms with E-state index in [-0.39, 0.29) is 5.56 Å². The van der Waals surface area contributed by atoms with Gasteiger partial charge in [0, 0.05) is 11.3 Å². The van der Waals surface area contributed by atoms with Crippen LogP contribution in [0.25, 0.3) is 0 Å². The second-order valence-electron chi connectivity index (χ2n) is 2.72. The van der Waals surface area contributed by atoms with E-state index in [0.29, 0.717) is 5.69 Å². The molecule has 1 aromatic rings. The minimum Gasteiger partial charge on any atom is -0.323 e. The summed E-state index contributed by atoms with van der Waals surface area (Å²) in [5.41, 5.74) is 0.720. The Morgan fingerprint density at radius 1 is 1.38 bits per heavy atom. The highest BCUT2D eigenvalue weighted by Gasteiger charge is 2.43. The third-order valence-corrected chi connectivity index (χ3v) is 2.60. The molecule has 68 valence electrons. The molecule has 1 N–H and O–H groups in total. The summed E-state index contributed by atoms with van der Waals surface area (Å²) in [5, 5.41) is 2.45. The Kier molecular flexibility index (Phi) is 1.75. The predicted octanol–water partition coefficient (Wildman–Crippen LogP) is 2.41. The van der Waals surface area contributed by atoms with Gasteiger partial charge < -0.3 is 5.32 Å². The van der Waals surface area contributed by atoms with Gasteiger partial charge in [-0.25, -0.2) is 4.39 Å². The van der Waals surface area contributed by atoms with Gasteiger partial charge in [-0.3, -0.25) is 4.79 Å². The average Bonchev–Trinajstić information content (AvgIpc) is 2.27. The van der Waals surface area contributed by atoms with Crippen molar-refractivity contribution in [3.63, 3.8) is 0 Å². The number of hydrogen-bond acceptors (Lipinski definition) is 1. The van der Waals surface area contributed by atoms with Crippen LogP contribution in [0.3, 0.4) is 0 Å². The Balaban J connectivity index is 2.64. The summed E-state index contributed by atoms with van der Waals surface area (Å²) in [5.74, 6) is -1.02. The lowest BCUT2D eigenvalue weighted by Gasteiger charge is -2.08. The SMILES string of the molecule is O=C1Nc2ccc(F)cc2C1(Cl)Cl. The van der Waals surface area contributed by atoms with Crippen LogP contribution >= 0.6 is 23.2 Å². The summed E-state index contributed by atoms with van der Waals surface area (Å²) in [6, 6.07) is 3.80. The van der Waals surface area contributed by atoms with Crippen molar-refractivity contribution in [2.75, 3.05) is 5.32 Å². The Hall–Kier alpha value is -0.800. The summed E-state index contributed by atoms with van der Waals surface area (Å²) >= 11 is 11.4. The van der Waals surface area contributed by atoms with Crippen molar-refractivity contribution in [1.29, 1.82) is 0 Å². The molecule has 2 nitrogen and oxygen atoms in total. The van der Waals surface area contributed by atoms with Gasteiger partial charge in [0.2, 0.25) is 4.33 Å². The first kappa shape index (κ1) is 8.78. The van der Waals surface area contributed by atoms with Crippen molar-refractivity contribution in [3.05, 3.63) is 29.6 Å². The summed E-state index contributed by atoms with van der Waals surface area (Å²) in [6.45, 7) is 0. The van der Waals surface area contributed by atoms with E-state index in [9.17, 15) is 9.18 Å². The van der Waals surface area contributed by atoms with E-state index >= 15 is 0 Å². The first-order chi connectivity index (χ1) is 6.01. The average molecular weight is 220 g/mol. The number of halogens is 3. The molecule has 1 heterocycles. The van der Waals surface area contributed by atoms with Crippen LogP contribution in [0.4, 0.5) is 10.1 Å². The van der Waals surface area contributed by atoms with Crippen LogP contribution in [-0.4, -0.2) is 5.91 Å². The fourth-order valence-corrected chi connectivity index (χ4v) is 1.62. The normalized spacial score (nSPS) is 18.2. The molecule has 0 radical (unpaired) electrons. The molecule has 1 aliphatic heterocycles. The van der Waals surface area contributed by atoms with Crippen molar-refractivity contribution in [2.24, 2.45) is 0 Å². The van der Waals surface area contributed by atoms with Gasteiger partial charge in [-0.15, -0.1) is 0 Å². The molecule has 0 bridgehead atoms. The maximum absolute atomic E-state index is 12.8. The molecular weight excluding hydrogens is 216 g/mol. The smallest absolute Gasteiger partial charge is 0.265 e. The predicted molar refractivity (Wildman–Crippen MR) is 48.4 cm³/mol. The van der Waals surface area contributed by atoms with E-state index in [1.807, 2.05) is 0 Å². The number of amides is 1. The van der Waals surface area contributed by atoms with Crippen LogP contribution in [0.1, 0.15) is 5.56 Å². The van der Waals surface area contributed by atoms with Crippen LogP contribution in [-0.2, 0) is 9.13 Å². The number of nitrogens with one attached hydrogen (secondary N) is 1. The van der Waals surface area contributed by atoms with Crippen LogP contribution < -0.4 is 5.32 Å². The molecule has 0 aromatic heterocycles. The molecule has 0 unspecified atom stereocenters. The number of carbonyl (C=O) groups is 1. The lowest BCUT2D eigenvalue weighted by Crippen LogP contribution is -2.21. The fraction of sp³-hybridized carbons (Fsp3) is 0.125. The van der Waals surface area contributed by atoms with E-state index < -0.39 is 16.1 Å². The lowest BCUT2D eigenvalue weighted by molar-refractivity contribution is -0.116. The zero-order chi connectivity index (χ0) is 9.64. The standard InChI is InChI=1S/C8H4Cl2FNO/c9-8(10)5-3-4(11)1-2-6(5)12-7(8)13/h1-3H,(H,12,13). The fourth-order valence-electron chi connectivity index (χ4n) is 1.21. The van der Waals surface area contributed by atoms with Crippen LogP contribution in [0, 0.1) is 5.82 Å². The molecule has 1 aromatic carbocycles. The van der Waals surface area contributed by atoms with E-state index in [1.165, 1.54) is 12.1 Å². The number of benzene rings is 1. The molecule has 13 heavy (non-hydrogen) atoms. The van der Waals surface area contributed by atoms with Gasteiger partial charge >= 0.3 is 0 Å². The Bertz CT molecular complexity index is 392. The summed E-state index contributed by atoms with van der Waals surface area (Å²) < 4.78 is 11.1. The van der Waals surface area contributed by atoms with Gasteiger partial charge in [-0.1, -0.05) is 23.2 Å². The van der Waals surface area contributed by atoms with Crippen molar-refractivity contribution >= 4 is 34.8 Å². The minimum atomic E-state index is -1.67. The van der Waals surface area contributed by atoms with Crippen molar-refractivity contribution in [3.8, 4) is 0 Å². The Labute approximate surface area is 83.6 Å². The van der Waals surface area contributed by atoms with Gasteiger partial charge in [-0.2, -0.15) is 0 Å². The largest absolute Gasteiger partial charge is 0.323 e. The second kappa shape index (κ2) is 2.59. The number of hydrogen-bond donors (Lipinski definition) is 1. The number of rotatable bonds is 0. The van der Waals surface area contributed by atoms with E-state index in [4.69, 9.17) is 23.2 Å². The van der Waals surface area contributed by atoms with Crippen molar-refractivity contribution < 1.29 is 9.18 Å². The maximum atomic E-state index is 12.8. The summed E-state index contributed by atoms with van der Waals surface area (Å²) in [6.07, 6.45) is 0. The first-order valence-electron chi connectivity index (χ1n) is 3.51. The quantitative estimate of drug-likeness (QED) is 0.668. The molecule has 0 saturated carbocycles. The molecule has 0 atom stereocenters. The van der Waals surface area contributed by atoms with Crippen LogP contribution in [0.2, 0.25) is 0 Å². The Morgan fingerprint density at radius 2 is 2.08 bits per heavy atom. The molecule has 0 fully saturated rings. The number of alkyl halides is 2. The van der Waals surface area contributed by atoms with Gasteiger partial charge in [-0.05, 0) is 18.2 Å². The third-order valence-electron chi connectivity index (χ3n) is 1.85. The molecule has 0 aliphatic carbocycles. The highest BCUT2D eigenvalue weighted by atomic mass is 35.5. The third kappa shape index (κ3) is 1.19. The zero-order valence-corrected chi connectivity index (χ0v) is 7.79. The van der Waals surface area contributed by atoms with Crippen LogP contribution in [0.5, 0.6) is 0 Å². The zero-order valence-electron chi connectivity index (χ0n) is 6.27. The Morgan fingerprint density at radius 3 is 2.77 bits per heavy atom. The molecule has 0 saturated heterocycles.